The maximum absolute atomic E-state index is 2.35. The van der Waals surface area contributed by atoms with Gasteiger partial charge in [0.05, 0.1) is 0 Å². The summed E-state index contributed by atoms with van der Waals surface area (Å²) in [5, 5.41) is 12.5. The van der Waals surface area contributed by atoms with Gasteiger partial charge in [-0.05, 0) is 140 Å². The lowest BCUT2D eigenvalue weighted by atomic mass is 9.82. The van der Waals surface area contributed by atoms with Crippen LogP contribution in [-0.2, 0) is 0 Å². The molecule has 0 fully saturated rings. The Morgan fingerprint density at radius 3 is 1.22 bits per heavy atom. The van der Waals surface area contributed by atoms with Crippen molar-refractivity contribution in [3.8, 4) is 33.4 Å². The third-order valence-corrected chi connectivity index (χ3v) is 11.9. The second kappa shape index (κ2) is 15.2. The predicted molar refractivity (Wildman–Crippen MR) is 261 cm³/mol. The molecule has 0 saturated carbocycles. The Morgan fingerprint density at radius 1 is 0.233 bits per heavy atom. The predicted octanol–water partition coefficient (Wildman–Crippen LogP) is 16.8. The number of benzene rings is 11. The lowest BCUT2D eigenvalue weighted by Gasteiger charge is -2.21. The zero-order valence-electron chi connectivity index (χ0n) is 33.1. The molecule has 0 aliphatic rings. The fourth-order valence-corrected chi connectivity index (χ4v) is 9.04. The summed E-state index contributed by atoms with van der Waals surface area (Å²) in [6, 6.07) is 79.9. The van der Waals surface area contributed by atoms with Crippen molar-refractivity contribution in [3.63, 3.8) is 0 Å². The molecule has 0 aliphatic heterocycles. The molecule has 0 atom stereocenters. The minimum atomic E-state index is 1.16. The van der Waals surface area contributed by atoms with E-state index in [0.717, 1.165) is 5.56 Å². The van der Waals surface area contributed by atoms with Gasteiger partial charge in [-0.25, -0.2) is 0 Å². The molecule has 11 rings (SSSR count). The second-order valence-corrected chi connectivity index (χ2v) is 15.7. The summed E-state index contributed by atoms with van der Waals surface area (Å²) >= 11 is 0. The summed E-state index contributed by atoms with van der Waals surface area (Å²) in [5.74, 6) is 0. The van der Waals surface area contributed by atoms with Gasteiger partial charge in [0, 0.05) is 0 Å². The summed E-state index contributed by atoms with van der Waals surface area (Å²) in [7, 11) is 0. The quantitative estimate of drug-likeness (QED) is 0.112. The zero-order chi connectivity index (χ0) is 39.8. The Kier molecular flexibility index (Phi) is 8.95. The third kappa shape index (κ3) is 6.65. The molecule has 11 aromatic carbocycles. The first-order chi connectivity index (χ1) is 29.7. The Morgan fingerprint density at radius 2 is 0.650 bits per heavy atom. The first-order valence-corrected chi connectivity index (χ1v) is 20.7. The summed E-state index contributed by atoms with van der Waals surface area (Å²) in [6.45, 7) is 0. The first-order valence-electron chi connectivity index (χ1n) is 20.7. The molecule has 0 N–H and O–H groups in total. The summed E-state index contributed by atoms with van der Waals surface area (Å²) in [5.41, 5.74) is 12.0. The van der Waals surface area contributed by atoms with Crippen molar-refractivity contribution < 1.29 is 0 Å². The van der Waals surface area contributed by atoms with Crippen molar-refractivity contribution in [1.29, 1.82) is 0 Å². The van der Waals surface area contributed by atoms with E-state index in [-0.39, 0.29) is 0 Å². The van der Waals surface area contributed by atoms with E-state index in [0.29, 0.717) is 0 Å². The van der Waals surface area contributed by atoms with Crippen LogP contribution in [0.1, 0.15) is 22.3 Å². The fraction of sp³-hybridized carbons (Fsp3) is 0. The average molecular weight is 761 g/mol. The lowest BCUT2D eigenvalue weighted by Crippen LogP contribution is -1.94. The normalized spacial score (nSPS) is 11.9. The Labute approximate surface area is 350 Å². The molecular formula is C60H40. The van der Waals surface area contributed by atoms with Gasteiger partial charge in [-0.15, -0.1) is 0 Å². The van der Waals surface area contributed by atoms with E-state index in [1.165, 1.54) is 104 Å². The summed E-state index contributed by atoms with van der Waals surface area (Å²) in [4.78, 5) is 0. The van der Waals surface area contributed by atoms with Gasteiger partial charge in [0.25, 0.3) is 0 Å². The fourth-order valence-electron chi connectivity index (χ4n) is 9.04. The van der Waals surface area contributed by atoms with Gasteiger partial charge >= 0.3 is 0 Å². The third-order valence-electron chi connectivity index (χ3n) is 11.9. The molecule has 0 heteroatoms. The highest BCUT2D eigenvalue weighted by Gasteiger charge is 2.20. The van der Waals surface area contributed by atoms with Crippen molar-refractivity contribution in [3.05, 3.63) is 241 Å². The molecular weight excluding hydrogens is 721 g/mol. The van der Waals surface area contributed by atoms with Gasteiger partial charge in [0.1, 0.15) is 0 Å². The number of hydrogen-bond acceptors (Lipinski definition) is 0. The zero-order valence-corrected chi connectivity index (χ0v) is 33.1. The van der Waals surface area contributed by atoms with Crippen LogP contribution in [0.4, 0.5) is 0 Å². The molecule has 0 bridgehead atoms. The van der Waals surface area contributed by atoms with Crippen molar-refractivity contribution in [1.82, 2.24) is 0 Å². The average Bonchev–Trinajstić information content (AvgIpc) is 3.31. The lowest BCUT2D eigenvalue weighted by molar-refractivity contribution is 1.61. The second-order valence-electron chi connectivity index (χ2n) is 15.7. The molecule has 0 aliphatic carbocycles. The van der Waals surface area contributed by atoms with Gasteiger partial charge in [-0.1, -0.05) is 212 Å². The Hall–Kier alpha value is -7.80. The molecule has 0 heterocycles. The molecule has 0 unspecified atom stereocenters. The number of fused-ring (bicyclic) bond motifs is 5. The standard InChI is InChI=1S/C60H40/c1-4-17-48-36-43(30-32-45(48)14-1)28-26-41-12-9-20-52(38-41)58-55-22-7-8-23-56(55)59(60-54(24-11-25-57(58)60)51-35-34-47-16-3-6-19-50(47)40-51)53-21-10-13-42(39-53)27-29-44-31-33-46-15-2-5-18-49(46)37-44/h1-40H. The van der Waals surface area contributed by atoms with E-state index in [1.807, 2.05) is 0 Å². The molecule has 60 heavy (non-hydrogen) atoms. The van der Waals surface area contributed by atoms with Gasteiger partial charge in [0.2, 0.25) is 0 Å². The molecule has 11 aromatic rings. The van der Waals surface area contributed by atoms with Gasteiger partial charge < -0.3 is 0 Å². The van der Waals surface area contributed by atoms with E-state index in [4.69, 9.17) is 0 Å². The van der Waals surface area contributed by atoms with Crippen LogP contribution in [0.15, 0.2) is 218 Å². The minimum absolute atomic E-state index is 1.16. The van der Waals surface area contributed by atoms with E-state index in [2.05, 4.69) is 243 Å². The van der Waals surface area contributed by atoms with Crippen LogP contribution in [0.5, 0.6) is 0 Å². The molecule has 0 saturated heterocycles. The highest BCUT2D eigenvalue weighted by atomic mass is 14.2. The van der Waals surface area contributed by atoms with Gasteiger partial charge in [-0.2, -0.15) is 0 Å². The van der Waals surface area contributed by atoms with Crippen LogP contribution in [0.25, 0.3) is 112 Å². The highest BCUT2D eigenvalue weighted by molar-refractivity contribution is 6.25. The smallest absolute Gasteiger partial charge is 0.00141 e. The molecule has 280 valence electrons. The summed E-state index contributed by atoms with van der Waals surface area (Å²) in [6.07, 6.45) is 8.94. The highest BCUT2D eigenvalue weighted by Crippen LogP contribution is 2.47. The van der Waals surface area contributed by atoms with Crippen LogP contribution in [0.3, 0.4) is 0 Å². The molecule has 0 radical (unpaired) electrons. The maximum atomic E-state index is 2.35. The van der Waals surface area contributed by atoms with Crippen molar-refractivity contribution in [2.24, 2.45) is 0 Å². The molecule has 0 amide bonds. The largest absolute Gasteiger partial charge is 0.0616 e. The van der Waals surface area contributed by atoms with Gasteiger partial charge in [0.15, 0.2) is 0 Å². The SMILES string of the molecule is C(=Cc1ccc2ccccc2c1)c1cccc(-c2c3ccccc3c(-c3cccc(C=Cc4ccc5ccccc5c4)c3)c3c(-c4ccc5ccccc5c4)cccc23)c1. The Bertz CT molecular complexity index is 3490. The van der Waals surface area contributed by atoms with Gasteiger partial charge in [-0.3, -0.25) is 0 Å². The molecule has 0 nitrogen and oxygen atoms in total. The van der Waals surface area contributed by atoms with E-state index >= 15 is 0 Å². The van der Waals surface area contributed by atoms with Crippen molar-refractivity contribution in [2.45, 2.75) is 0 Å². The van der Waals surface area contributed by atoms with E-state index < -0.39 is 0 Å². The van der Waals surface area contributed by atoms with Crippen LogP contribution in [0, 0.1) is 0 Å². The van der Waals surface area contributed by atoms with E-state index in [1.54, 1.807) is 0 Å². The van der Waals surface area contributed by atoms with Crippen LogP contribution < -0.4 is 0 Å². The molecule has 0 aromatic heterocycles. The minimum Gasteiger partial charge on any atom is -0.0616 e. The Balaban J connectivity index is 1.10. The number of hydrogen-bond donors (Lipinski definition) is 0. The summed E-state index contributed by atoms with van der Waals surface area (Å²) < 4.78 is 0. The maximum Gasteiger partial charge on any atom is -0.00141 e. The monoisotopic (exact) mass is 760 g/mol. The van der Waals surface area contributed by atoms with Crippen molar-refractivity contribution in [2.75, 3.05) is 0 Å². The first kappa shape index (κ1) is 35.4. The van der Waals surface area contributed by atoms with Crippen LogP contribution >= 0.6 is 0 Å². The van der Waals surface area contributed by atoms with E-state index in [9.17, 15) is 0 Å². The van der Waals surface area contributed by atoms with Crippen LogP contribution in [0.2, 0.25) is 0 Å². The number of rotatable bonds is 7. The van der Waals surface area contributed by atoms with Crippen LogP contribution in [-0.4, -0.2) is 0 Å². The molecule has 0 spiro atoms. The topological polar surface area (TPSA) is 0 Å². The van der Waals surface area contributed by atoms with Crippen molar-refractivity contribution >= 4 is 78.2 Å².